The molecule has 210 valence electrons. The summed E-state index contributed by atoms with van der Waals surface area (Å²) >= 11 is 0. The molecule has 1 aliphatic rings. The van der Waals surface area contributed by atoms with E-state index in [-0.39, 0.29) is 12.4 Å². The monoisotopic (exact) mass is 544 g/mol. The maximum Gasteiger partial charge on any atom is 0.310 e. The predicted octanol–water partition coefficient (Wildman–Crippen LogP) is 4.92. The lowest BCUT2D eigenvalue weighted by atomic mass is 9.69. The molecule has 9 heteroatoms. The highest BCUT2D eigenvalue weighted by molar-refractivity contribution is 5.81. The second-order valence-corrected chi connectivity index (χ2v) is 10.8. The third-order valence-corrected chi connectivity index (χ3v) is 7.80. The molecule has 0 radical (unpaired) electrons. The van der Waals surface area contributed by atoms with E-state index in [1.54, 1.807) is 4.68 Å². The number of carboxylic acids is 1. The van der Waals surface area contributed by atoms with Gasteiger partial charge in [-0.15, -0.1) is 5.10 Å². The van der Waals surface area contributed by atoms with Crippen LogP contribution < -0.4 is 4.74 Å². The summed E-state index contributed by atoms with van der Waals surface area (Å²) in [6.07, 6.45) is 0. The van der Waals surface area contributed by atoms with E-state index in [9.17, 15) is 9.90 Å². The van der Waals surface area contributed by atoms with Gasteiger partial charge in [-0.1, -0.05) is 47.7 Å². The highest BCUT2D eigenvalue weighted by Gasteiger charge is 2.40. The van der Waals surface area contributed by atoms with Crippen molar-refractivity contribution in [2.24, 2.45) is 12.5 Å². The molecule has 1 aromatic heterocycles. The number of carbonyl (C=O) groups is 2. The summed E-state index contributed by atoms with van der Waals surface area (Å²) in [5.41, 5.74) is 7.19. The van der Waals surface area contributed by atoms with Gasteiger partial charge in [-0.3, -0.25) is 14.5 Å². The van der Waals surface area contributed by atoms with Crippen molar-refractivity contribution in [1.82, 2.24) is 19.9 Å². The molecule has 2 N–H and O–H groups in total. The van der Waals surface area contributed by atoms with Crippen LogP contribution in [0.15, 0.2) is 54.6 Å². The topological polar surface area (TPSA) is 118 Å². The van der Waals surface area contributed by atoms with Crippen LogP contribution in [0.5, 0.6) is 5.75 Å². The lowest BCUT2D eigenvalue weighted by molar-refractivity contribution is -0.147. The fourth-order valence-corrected chi connectivity index (χ4v) is 5.47. The van der Waals surface area contributed by atoms with Gasteiger partial charge < -0.3 is 14.9 Å². The van der Waals surface area contributed by atoms with Crippen LogP contribution >= 0.6 is 0 Å². The molecule has 0 fully saturated rings. The smallest absolute Gasteiger partial charge is 0.310 e. The van der Waals surface area contributed by atoms with Gasteiger partial charge in [-0.2, -0.15) is 0 Å². The van der Waals surface area contributed by atoms with Gasteiger partial charge >= 0.3 is 5.97 Å². The van der Waals surface area contributed by atoms with Crippen LogP contribution in [0, 0.1) is 19.3 Å². The van der Waals surface area contributed by atoms with Crippen LogP contribution in [0.4, 0.5) is 0 Å². The van der Waals surface area contributed by atoms with E-state index in [0.717, 1.165) is 53.1 Å². The summed E-state index contributed by atoms with van der Waals surface area (Å²) in [6, 6.07) is 18.6. The minimum Gasteiger partial charge on any atom is -0.492 e. The molecule has 9 nitrogen and oxygen atoms in total. The van der Waals surface area contributed by atoms with Crippen LogP contribution in [-0.4, -0.2) is 55.7 Å². The van der Waals surface area contributed by atoms with Crippen LogP contribution in [0.1, 0.15) is 53.1 Å². The van der Waals surface area contributed by atoms with Gasteiger partial charge in [0.05, 0.1) is 10.9 Å². The largest absolute Gasteiger partial charge is 0.492 e. The van der Waals surface area contributed by atoms with Gasteiger partial charge in [0.25, 0.3) is 6.47 Å². The number of fused-ring (bicyclic) bond motifs is 2. The minimum absolute atomic E-state index is 0.250. The summed E-state index contributed by atoms with van der Waals surface area (Å²) in [4.78, 5) is 23.3. The molecule has 1 atom stereocenters. The van der Waals surface area contributed by atoms with Gasteiger partial charge in [-0.25, -0.2) is 4.68 Å². The molecule has 4 aromatic rings. The molecule has 5 rings (SSSR count). The Kier molecular flexibility index (Phi) is 8.54. The SMILES string of the molecule is Cc1ccc(C(c2ccc3c(nnn3C)c2C)C(C)(C)C(=O)O)cc1CN1CCOc2ccccc2C1.O=CO. The first-order valence-corrected chi connectivity index (χ1v) is 13.2. The maximum atomic E-state index is 12.6. The molecular formula is C31H36N4O5. The fourth-order valence-electron chi connectivity index (χ4n) is 5.47. The molecule has 1 unspecified atom stereocenters. The Balaban J connectivity index is 0.00000118. The predicted molar refractivity (Wildman–Crippen MR) is 152 cm³/mol. The van der Waals surface area contributed by atoms with Crippen molar-refractivity contribution in [3.8, 4) is 5.75 Å². The molecule has 0 amide bonds. The lowest BCUT2D eigenvalue weighted by Gasteiger charge is -2.33. The number of benzene rings is 3. The summed E-state index contributed by atoms with van der Waals surface area (Å²) in [6.45, 7) is 10.5. The average molecular weight is 545 g/mol. The number of nitrogens with zero attached hydrogens (tertiary/aromatic N) is 4. The van der Waals surface area contributed by atoms with E-state index in [1.165, 1.54) is 16.7 Å². The third-order valence-electron chi connectivity index (χ3n) is 7.80. The first-order valence-electron chi connectivity index (χ1n) is 13.2. The van der Waals surface area contributed by atoms with Crippen molar-refractivity contribution >= 4 is 23.5 Å². The van der Waals surface area contributed by atoms with E-state index < -0.39 is 11.4 Å². The summed E-state index contributed by atoms with van der Waals surface area (Å²) in [7, 11) is 1.87. The normalized spacial score (nSPS) is 14.3. The molecule has 0 saturated heterocycles. The first-order chi connectivity index (χ1) is 19.1. The van der Waals surface area contributed by atoms with Crippen molar-refractivity contribution in [2.75, 3.05) is 13.2 Å². The number of para-hydroxylation sites is 1. The van der Waals surface area contributed by atoms with Gasteiger partial charge in [0, 0.05) is 38.2 Å². The van der Waals surface area contributed by atoms with Crippen LogP contribution in [0.3, 0.4) is 0 Å². The number of aliphatic carboxylic acids is 1. The fraction of sp³-hybridized carbons (Fsp3) is 0.355. The van der Waals surface area contributed by atoms with Gasteiger partial charge in [0.1, 0.15) is 17.9 Å². The number of ether oxygens (including phenoxy) is 1. The maximum absolute atomic E-state index is 12.6. The number of aryl methyl sites for hydroxylation is 3. The first kappa shape index (κ1) is 28.8. The Bertz CT molecular complexity index is 1530. The quantitative estimate of drug-likeness (QED) is 0.328. The van der Waals surface area contributed by atoms with Gasteiger partial charge in [-0.05, 0) is 67.6 Å². The Labute approximate surface area is 234 Å². The number of rotatable bonds is 6. The molecular weight excluding hydrogens is 508 g/mol. The number of aromatic nitrogens is 3. The Hall–Kier alpha value is -4.24. The number of carboxylic acid groups (broad SMARTS) is 2. The van der Waals surface area contributed by atoms with E-state index in [0.29, 0.717) is 6.61 Å². The second kappa shape index (κ2) is 11.9. The molecule has 0 saturated carbocycles. The van der Waals surface area contributed by atoms with Crippen molar-refractivity contribution < 1.29 is 24.5 Å². The Morgan fingerprint density at radius 3 is 2.60 bits per heavy atom. The number of hydrogen-bond donors (Lipinski definition) is 2. The van der Waals surface area contributed by atoms with Crippen molar-refractivity contribution in [2.45, 2.75) is 46.7 Å². The number of hydrogen-bond acceptors (Lipinski definition) is 6. The van der Waals surface area contributed by atoms with Crippen molar-refractivity contribution in [3.63, 3.8) is 0 Å². The van der Waals surface area contributed by atoms with Crippen LogP contribution in [0.2, 0.25) is 0 Å². The van der Waals surface area contributed by atoms with Gasteiger partial charge in [0.15, 0.2) is 0 Å². The van der Waals surface area contributed by atoms with Crippen molar-refractivity contribution in [3.05, 3.63) is 88.0 Å². The Morgan fingerprint density at radius 1 is 1.15 bits per heavy atom. The summed E-state index contributed by atoms with van der Waals surface area (Å²) < 4.78 is 7.71. The van der Waals surface area contributed by atoms with E-state index >= 15 is 0 Å². The highest BCUT2D eigenvalue weighted by atomic mass is 16.5. The zero-order chi connectivity index (χ0) is 29.0. The molecule has 2 heterocycles. The zero-order valence-electron chi connectivity index (χ0n) is 23.6. The average Bonchev–Trinajstić information content (AvgIpc) is 3.17. The second-order valence-electron chi connectivity index (χ2n) is 10.8. The minimum atomic E-state index is -1.04. The third kappa shape index (κ3) is 5.70. The molecule has 3 aromatic carbocycles. The van der Waals surface area contributed by atoms with E-state index in [4.69, 9.17) is 14.6 Å². The molecule has 1 aliphatic heterocycles. The van der Waals surface area contributed by atoms with Gasteiger partial charge in [0.2, 0.25) is 0 Å². The van der Waals surface area contributed by atoms with Crippen LogP contribution in [-0.2, 0) is 29.7 Å². The van der Waals surface area contributed by atoms with E-state index in [1.807, 2.05) is 58.2 Å². The lowest BCUT2D eigenvalue weighted by Crippen LogP contribution is -2.33. The molecule has 0 bridgehead atoms. The molecule has 0 aliphatic carbocycles. The highest BCUT2D eigenvalue weighted by Crippen LogP contribution is 2.44. The molecule has 0 spiro atoms. The standard InChI is InChI=1S/C30H34N4O3.CH2O2/c1-19-10-11-21(16-23(19)18-34-14-15-37-26-9-7-6-8-22(26)17-34)27(30(3,4)29(35)36)24-12-13-25-28(20(24)2)31-32-33(25)5;2-1-3/h6-13,16,27H,14-15,17-18H2,1-5H3,(H,35,36);1H,(H,2,3). The summed E-state index contributed by atoms with van der Waals surface area (Å²) in [5, 5.41) is 25.7. The Morgan fingerprint density at radius 2 is 1.88 bits per heavy atom. The zero-order valence-corrected chi connectivity index (χ0v) is 23.6. The van der Waals surface area contributed by atoms with Crippen LogP contribution in [0.25, 0.3) is 11.0 Å². The molecule has 40 heavy (non-hydrogen) atoms. The summed E-state index contributed by atoms with van der Waals surface area (Å²) in [5.74, 6) is -0.239. The van der Waals surface area contributed by atoms with E-state index in [2.05, 4.69) is 46.4 Å². The van der Waals surface area contributed by atoms with Crippen molar-refractivity contribution in [1.29, 1.82) is 0 Å².